The second kappa shape index (κ2) is 40.4. The molecule has 7 N–H and O–H groups in total. The van der Waals surface area contributed by atoms with E-state index in [4.69, 9.17) is 16.2 Å². The van der Waals surface area contributed by atoms with Gasteiger partial charge < -0.3 is 32.1 Å². The summed E-state index contributed by atoms with van der Waals surface area (Å²) in [6.45, 7) is 12.9. The molecule has 268 valence electrons. The first kappa shape index (κ1) is 50.2. The molecule has 8 nitrogen and oxygen atoms in total. The third-order valence-electron chi connectivity index (χ3n) is 6.39. The summed E-state index contributed by atoms with van der Waals surface area (Å²) in [4.78, 5) is 30.2. The summed E-state index contributed by atoms with van der Waals surface area (Å²) in [7, 11) is 1.50. The van der Waals surface area contributed by atoms with Crippen LogP contribution >= 0.6 is 0 Å². The normalized spacial score (nSPS) is 11.4. The summed E-state index contributed by atoms with van der Waals surface area (Å²) in [5, 5.41) is 17.1. The zero-order valence-electron chi connectivity index (χ0n) is 30.4. The van der Waals surface area contributed by atoms with Crippen molar-refractivity contribution in [3.05, 3.63) is 83.9 Å². The summed E-state index contributed by atoms with van der Waals surface area (Å²) in [6, 6.07) is 20.7. The Morgan fingerprint density at radius 1 is 0.894 bits per heavy atom. The highest BCUT2D eigenvalue weighted by Gasteiger charge is 2.27. The molecule has 2 aromatic carbocycles. The maximum atomic E-state index is 10.4. The second-order valence-electron chi connectivity index (χ2n) is 10.9. The number of hydrogen-bond donors (Lipinski definition) is 5. The first-order valence-corrected chi connectivity index (χ1v) is 16.9. The molecule has 0 radical (unpaired) electrons. The van der Waals surface area contributed by atoms with Crippen molar-refractivity contribution in [1.82, 2.24) is 5.32 Å². The average molecular weight is 657 g/mol. The Kier molecular flexibility index (Phi) is 43.2. The molecule has 0 unspecified atom stereocenters. The van der Waals surface area contributed by atoms with Gasteiger partial charge in [0.05, 0.1) is 5.60 Å². The molecule has 0 saturated heterocycles. The van der Waals surface area contributed by atoms with Crippen molar-refractivity contribution in [2.75, 3.05) is 13.6 Å². The number of aldehydes is 1. The third kappa shape index (κ3) is 44.6. The van der Waals surface area contributed by atoms with Gasteiger partial charge in [-0.3, -0.25) is 9.59 Å². The van der Waals surface area contributed by atoms with Crippen LogP contribution in [0.2, 0.25) is 0 Å². The average Bonchev–Trinajstić information content (AvgIpc) is 3.07. The fraction of sp³-hybridized carbons (Fsp3) is 0.538. The van der Waals surface area contributed by atoms with Crippen molar-refractivity contribution in [2.45, 2.75) is 124 Å². The molecular weight excluding hydrogens is 588 g/mol. The van der Waals surface area contributed by atoms with Gasteiger partial charge in [-0.15, -0.1) is 0 Å². The van der Waals surface area contributed by atoms with Gasteiger partial charge in [-0.1, -0.05) is 99.5 Å². The number of aliphatic hydroxyl groups is 1. The number of benzene rings is 2. The molecular formula is C39H68N4O4. The van der Waals surface area contributed by atoms with Gasteiger partial charge in [0.1, 0.15) is 6.29 Å². The lowest BCUT2D eigenvalue weighted by atomic mass is 9.82. The van der Waals surface area contributed by atoms with E-state index in [2.05, 4.69) is 86.2 Å². The number of amides is 2. The molecule has 1 aliphatic carbocycles. The van der Waals surface area contributed by atoms with Crippen LogP contribution in [-0.4, -0.2) is 49.1 Å². The standard InChI is InChI=1S/C11H14.C10H13NO.C6H12O.C5H11NO.C5H10O.CH5N.CH3N/c1-2-3-5-8-11-9-6-4-7-10-11;11-10(12)8-4-7-9-5-2-1-3-6-9;1-2-3-4-5-6-7;1-3-4-6-5(2)7;1-5(6)3-2-4-5;2*1-2/h2-4,6-7,9-10H,5,8H2,1H3;1-3,5-6H,4,7-8H2,(H2,11,12);6H,2-5H2,1H3;3-4H2,1-2H3,(H,6,7);6H,2-4H2,1H3;2H2,1H3;2H,1H2. The summed E-state index contributed by atoms with van der Waals surface area (Å²) >= 11 is 0. The number of primary amides is 1. The molecule has 47 heavy (non-hydrogen) atoms. The zero-order valence-corrected chi connectivity index (χ0v) is 30.4. The van der Waals surface area contributed by atoms with Crippen LogP contribution in [-0.2, 0) is 27.2 Å². The largest absolute Gasteiger partial charge is 0.390 e. The summed E-state index contributed by atoms with van der Waals surface area (Å²) in [6.07, 6.45) is 18.3. The lowest BCUT2D eigenvalue weighted by Gasteiger charge is -2.31. The maximum Gasteiger partial charge on any atom is 0.217 e. The fourth-order valence-electron chi connectivity index (χ4n) is 3.64. The Balaban J connectivity index is -0.000000245. The van der Waals surface area contributed by atoms with Crippen molar-refractivity contribution >= 4 is 24.8 Å². The lowest BCUT2D eigenvalue weighted by Crippen LogP contribution is -2.32. The topological polar surface area (TPSA) is 159 Å². The smallest absolute Gasteiger partial charge is 0.217 e. The Labute approximate surface area is 287 Å². The zero-order chi connectivity index (χ0) is 36.6. The van der Waals surface area contributed by atoms with E-state index < -0.39 is 0 Å². The van der Waals surface area contributed by atoms with Gasteiger partial charge in [0.25, 0.3) is 0 Å². The van der Waals surface area contributed by atoms with Crippen LogP contribution in [0.25, 0.3) is 0 Å². The first-order chi connectivity index (χ1) is 22.6. The van der Waals surface area contributed by atoms with Crippen LogP contribution in [0.3, 0.4) is 0 Å². The Morgan fingerprint density at radius 3 is 1.70 bits per heavy atom. The second-order valence-corrected chi connectivity index (χ2v) is 10.9. The molecule has 0 aliphatic heterocycles. The first-order valence-electron chi connectivity index (χ1n) is 16.9. The van der Waals surface area contributed by atoms with Crippen molar-refractivity contribution < 1.29 is 19.5 Å². The molecule has 8 heteroatoms. The van der Waals surface area contributed by atoms with Gasteiger partial charge in [-0.2, -0.15) is 0 Å². The number of aryl methyl sites for hydroxylation is 2. The van der Waals surface area contributed by atoms with Crippen LogP contribution in [0.5, 0.6) is 0 Å². The quantitative estimate of drug-likeness (QED) is 0.0644. The van der Waals surface area contributed by atoms with E-state index in [9.17, 15) is 14.4 Å². The predicted molar refractivity (Wildman–Crippen MR) is 202 cm³/mol. The van der Waals surface area contributed by atoms with E-state index >= 15 is 0 Å². The molecule has 0 bridgehead atoms. The molecule has 1 saturated carbocycles. The monoisotopic (exact) mass is 657 g/mol. The molecule has 0 heterocycles. The number of nitrogens with one attached hydrogen (secondary N) is 2. The predicted octanol–water partition coefficient (Wildman–Crippen LogP) is 7.75. The van der Waals surface area contributed by atoms with E-state index in [-0.39, 0.29) is 17.4 Å². The number of unbranched alkanes of at least 4 members (excludes halogenated alkanes) is 3. The molecule has 1 fully saturated rings. The molecule has 0 atom stereocenters. The van der Waals surface area contributed by atoms with Crippen LogP contribution in [0, 0.1) is 5.41 Å². The van der Waals surface area contributed by atoms with Gasteiger partial charge >= 0.3 is 0 Å². The van der Waals surface area contributed by atoms with Gasteiger partial charge in [0.2, 0.25) is 11.8 Å². The maximum absolute atomic E-state index is 10.4. The molecule has 0 spiro atoms. The van der Waals surface area contributed by atoms with Crippen LogP contribution < -0.4 is 16.8 Å². The molecule has 2 amide bonds. The number of hydrogen-bond acceptors (Lipinski definition) is 6. The van der Waals surface area contributed by atoms with Crippen molar-refractivity contribution in [1.29, 1.82) is 5.41 Å². The van der Waals surface area contributed by atoms with Crippen molar-refractivity contribution in [3.8, 4) is 0 Å². The van der Waals surface area contributed by atoms with E-state index in [1.54, 1.807) is 0 Å². The number of allylic oxidation sites excluding steroid dienone is 2. The third-order valence-corrected chi connectivity index (χ3v) is 6.39. The molecule has 1 aliphatic rings. The van der Waals surface area contributed by atoms with Gasteiger partial charge in [0, 0.05) is 26.3 Å². The van der Waals surface area contributed by atoms with Crippen LogP contribution in [0.4, 0.5) is 0 Å². The highest BCUT2D eigenvalue weighted by Crippen LogP contribution is 2.29. The summed E-state index contributed by atoms with van der Waals surface area (Å²) < 4.78 is 0. The number of nitrogens with two attached hydrogens (primary N) is 2. The minimum atomic E-state index is -0.278. The van der Waals surface area contributed by atoms with Crippen molar-refractivity contribution in [3.63, 3.8) is 0 Å². The van der Waals surface area contributed by atoms with E-state index in [1.165, 1.54) is 44.4 Å². The van der Waals surface area contributed by atoms with E-state index in [1.807, 2.05) is 32.0 Å². The number of carbonyl (C=O) groups excluding carboxylic acids is 3. The van der Waals surface area contributed by atoms with Crippen LogP contribution in [0.1, 0.15) is 116 Å². The SMILES string of the molecule is C=N.CC1(O)CCC1.CC=CCCc1ccccc1.CCCCCC=O.CCCNC(C)=O.CN.NC(=O)CCCc1ccccc1. The molecule has 3 rings (SSSR count). The Hall–Kier alpha value is -3.62. The van der Waals surface area contributed by atoms with Crippen LogP contribution in [0.15, 0.2) is 72.8 Å². The van der Waals surface area contributed by atoms with Gasteiger partial charge in [-0.25, -0.2) is 0 Å². The molecule has 2 aromatic rings. The van der Waals surface area contributed by atoms with Gasteiger partial charge in [0.15, 0.2) is 0 Å². The summed E-state index contributed by atoms with van der Waals surface area (Å²) in [5.74, 6) is -0.159. The number of rotatable bonds is 13. The minimum absolute atomic E-state index is 0.0573. The summed E-state index contributed by atoms with van der Waals surface area (Å²) in [5.41, 5.74) is 11.9. The molecule has 0 aromatic heterocycles. The fourth-order valence-corrected chi connectivity index (χ4v) is 3.64. The minimum Gasteiger partial charge on any atom is -0.390 e. The van der Waals surface area contributed by atoms with E-state index in [0.29, 0.717) is 6.42 Å². The van der Waals surface area contributed by atoms with E-state index in [0.717, 1.165) is 70.6 Å². The highest BCUT2D eigenvalue weighted by molar-refractivity contribution is 5.73. The Morgan fingerprint density at radius 2 is 1.38 bits per heavy atom. The lowest BCUT2D eigenvalue weighted by molar-refractivity contribution is -0.119. The number of carbonyl (C=O) groups is 3. The van der Waals surface area contributed by atoms with Gasteiger partial charge in [-0.05, 0) is 96.5 Å². The van der Waals surface area contributed by atoms with Crippen molar-refractivity contribution in [2.24, 2.45) is 11.5 Å². The highest BCUT2D eigenvalue weighted by atomic mass is 16.3. The Bertz CT molecular complexity index is 961.